The van der Waals surface area contributed by atoms with Crippen LogP contribution in [-0.2, 0) is 14.3 Å². The highest BCUT2D eigenvalue weighted by atomic mass is 35.5. The molecule has 1 aliphatic rings. The fourth-order valence-corrected chi connectivity index (χ4v) is 2.79. The van der Waals surface area contributed by atoms with E-state index in [0.717, 1.165) is 19.3 Å². The third-order valence-electron chi connectivity index (χ3n) is 4.13. The molecule has 3 N–H and O–H groups in total. The van der Waals surface area contributed by atoms with Crippen LogP contribution in [0, 0.1) is 5.82 Å². The lowest BCUT2D eigenvalue weighted by Crippen LogP contribution is -3.00. The number of rotatable bonds is 5. The van der Waals surface area contributed by atoms with Gasteiger partial charge < -0.3 is 32.4 Å². The van der Waals surface area contributed by atoms with Crippen LogP contribution in [0.5, 0.6) is 5.75 Å². The lowest BCUT2D eigenvalue weighted by atomic mass is 10.0. The zero-order valence-corrected chi connectivity index (χ0v) is 15.5. The molecule has 25 heavy (non-hydrogen) atoms. The minimum absolute atomic E-state index is 0. The molecule has 1 aliphatic heterocycles. The minimum Gasteiger partial charge on any atom is -1.00 e. The maximum Gasteiger partial charge on any atom is 0.365 e. The zero-order valence-electron chi connectivity index (χ0n) is 14.8. The van der Waals surface area contributed by atoms with Gasteiger partial charge in [-0.25, -0.2) is 9.18 Å². The number of hydrogen-bond donors (Lipinski definition) is 1. The van der Waals surface area contributed by atoms with Crippen LogP contribution in [0.15, 0.2) is 24.3 Å². The summed E-state index contributed by atoms with van der Waals surface area (Å²) in [6.45, 7) is 4.45. The van der Waals surface area contributed by atoms with Crippen molar-refractivity contribution in [2.45, 2.75) is 63.9 Å². The molecular weight excluding hydrogens is 349 g/mol. The van der Waals surface area contributed by atoms with Gasteiger partial charge in [0, 0.05) is 13.0 Å². The average molecular weight is 376 g/mol. The van der Waals surface area contributed by atoms with Crippen molar-refractivity contribution in [3.8, 4) is 5.75 Å². The topological polar surface area (TPSA) is 72.4 Å². The molecule has 142 valence electrons. The Kier molecular flexibility index (Phi) is 9.17. The van der Waals surface area contributed by atoms with E-state index in [9.17, 15) is 9.18 Å². The second-order valence-corrected chi connectivity index (χ2v) is 6.22. The molecule has 4 atom stereocenters. The Hall–Kier alpha value is -1.37. The molecule has 5 nitrogen and oxygen atoms in total. The van der Waals surface area contributed by atoms with E-state index < -0.39 is 12.2 Å². The van der Waals surface area contributed by atoms with Crippen molar-refractivity contribution < 1.29 is 41.5 Å². The fourth-order valence-electron chi connectivity index (χ4n) is 2.79. The van der Waals surface area contributed by atoms with Gasteiger partial charge in [-0.05, 0) is 50.5 Å². The summed E-state index contributed by atoms with van der Waals surface area (Å²) in [5.41, 5.74) is 3.86. The first-order valence-electron chi connectivity index (χ1n) is 8.58. The van der Waals surface area contributed by atoms with Crippen molar-refractivity contribution in [3.05, 3.63) is 30.1 Å². The van der Waals surface area contributed by atoms with Crippen LogP contribution in [0.25, 0.3) is 0 Å². The Morgan fingerprint density at radius 3 is 2.60 bits per heavy atom. The Balaban J connectivity index is 0.00000312. The summed E-state index contributed by atoms with van der Waals surface area (Å²) in [5.74, 6) is -0.110. The number of cyclic esters (lactones) is 1. The molecule has 0 spiro atoms. The normalized spacial score (nSPS) is 27.3. The van der Waals surface area contributed by atoms with Crippen molar-refractivity contribution in [3.63, 3.8) is 0 Å². The predicted molar refractivity (Wildman–Crippen MR) is 86.9 cm³/mol. The van der Waals surface area contributed by atoms with Crippen LogP contribution in [0.3, 0.4) is 0 Å². The maximum atomic E-state index is 13.1. The van der Waals surface area contributed by atoms with Crippen LogP contribution >= 0.6 is 0 Å². The van der Waals surface area contributed by atoms with Gasteiger partial charge >= 0.3 is 5.97 Å². The van der Waals surface area contributed by atoms with Crippen LogP contribution in [0.1, 0.15) is 39.5 Å². The molecule has 0 bridgehead atoms. The summed E-state index contributed by atoms with van der Waals surface area (Å²) in [7, 11) is 0. The smallest absolute Gasteiger partial charge is 0.365 e. The monoisotopic (exact) mass is 375 g/mol. The van der Waals surface area contributed by atoms with E-state index in [4.69, 9.17) is 14.2 Å². The molecule has 1 aromatic carbocycles. The average Bonchev–Trinajstić information content (AvgIpc) is 2.60. The van der Waals surface area contributed by atoms with E-state index in [1.54, 1.807) is 19.1 Å². The third-order valence-corrected chi connectivity index (χ3v) is 4.13. The molecule has 0 saturated carbocycles. The van der Waals surface area contributed by atoms with Crippen molar-refractivity contribution in [2.75, 3.05) is 6.61 Å². The number of esters is 1. The highest BCUT2D eigenvalue weighted by molar-refractivity contribution is 5.74. The molecule has 0 amide bonds. The largest absolute Gasteiger partial charge is 1.00 e. The number of benzene rings is 1. The number of carbonyl (C=O) groups excluding carboxylic acids is 1. The Bertz CT molecular complexity index is 528. The molecule has 0 radical (unpaired) electrons. The van der Waals surface area contributed by atoms with E-state index in [1.165, 1.54) is 12.1 Å². The molecule has 0 aromatic heterocycles. The van der Waals surface area contributed by atoms with Crippen LogP contribution in [0.2, 0.25) is 0 Å². The van der Waals surface area contributed by atoms with Gasteiger partial charge in [0.05, 0.1) is 6.10 Å². The van der Waals surface area contributed by atoms with Crippen LogP contribution in [-0.4, -0.2) is 36.9 Å². The van der Waals surface area contributed by atoms with E-state index in [-0.39, 0.29) is 36.3 Å². The first-order valence-corrected chi connectivity index (χ1v) is 8.58. The second kappa shape index (κ2) is 10.6. The van der Waals surface area contributed by atoms with Gasteiger partial charge in [0.15, 0.2) is 12.1 Å². The molecule has 2 rings (SSSR count). The van der Waals surface area contributed by atoms with Gasteiger partial charge in [0.25, 0.3) is 0 Å². The fraction of sp³-hybridized carbons (Fsp3) is 0.611. The Morgan fingerprint density at radius 1 is 1.28 bits per heavy atom. The number of ether oxygens (including phenoxy) is 3. The number of carbonyl (C=O) groups is 1. The van der Waals surface area contributed by atoms with E-state index in [1.807, 2.05) is 6.92 Å². The summed E-state index contributed by atoms with van der Waals surface area (Å²) >= 11 is 0. The number of halogens is 2. The number of quaternary nitrogens is 1. The lowest BCUT2D eigenvalue weighted by Gasteiger charge is -2.31. The molecule has 1 fully saturated rings. The van der Waals surface area contributed by atoms with Gasteiger partial charge in [-0.3, -0.25) is 0 Å². The molecule has 7 heteroatoms. The van der Waals surface area contributed by atoms with Gasteiger partial charge in [-0.1, -0.05) is 6.92 Å². The Labute approximate surface area is 154 Å². The van der Waals surface area contributed by atoms with Crippen molar-refractivity contribution in [1.29, 1.82) is 0 Å². The standard InChI is InChI=1S/C18H26FNO4.ClH/c1-3-11-22-16-6-4-5-15(20)18(21)23-12(2)17(16)24-14-9-7-13(19)8-10-14;/h7-10,12,15-17H,3-6,11,20H2,1-2H3;1H/t12-,15-,16-,17-;/m0./s1. The predicted octanol–water partition coefficient (Wildman–Crippen LogP) is -0.902. The van der Waals surface area contributed by atoms with E-state index >= 15 is 0 Å². The molecule has 1 saturated heterocycles. The third kappa shape index (κ3) is 6.45. The Morgan fingerprint density at radius 2 is 1.96 bits per heavy atom. The zero-order chi connectivity index (χ0) is 17.5. The van der Waals surface area contributed by atoms with Gasteiger partial charge in [-0.15, -0.1) is 0 Å². The van der Waals surface area contributed by atoms with Gasteiger partial charge in [0.2, 0.25) is 0 Å². The summed E-state index contributed by atoms with van der Waals surface area (Å²) < 4.78 is 30.6. The molecule has 0 unspecified atom stereocenters. The molecular formula is C18H27ClFNO4. The first-order chi connectivity index (χ1) is 11.5. The maximum absolute atomic E-state index is 13.1. The number of hydrogen-bond acceptors (Lipinski definition) is 4. The highest BCUT2D eigenvalue weighted by Gasteiger charge is 2.35. The highest BCUT2D eigenvalue weighted by Crippen LogP contribution is 2.24. The van der Waals surface area contributed by atoms with E-state index in [2.05, 4.69) is 5.73 Å². The van der Waals surface area contributed by atoms with Gasteiger partial charge in [-0.2, -0.15) is 0 Å². The lowest BCUT2D eigenvalue weighted by molar-refractivity contribution is -0.410. The van der Waals surface area contributed by atoms with Crippen molar-refractivity contribution >= 4 is 5.97 Å². The van der Waals surface area contributed by atoms with Crippen LogP contribution in [0.4, 0.5) is 4.39 Å². The molecule has 1 aromatic rings. The molecule has 1 heterocycles. The second-order valence-electron chi connectivity index (χ2n) is 6.22. The van der Waals surface area contributed by atoms with E-state index in [0.29, 0.717) is 18.8 Å². The quantitative estimate of drug-likeness (QED) is 0.677. The SMILES string of the molecule is CCCO[C@H]1CCC[C@H]([NH3+])C(=O)O[C@@H](C)[C@@H]1Oc1ccc(F)cc1.[Cl-]. The summed E-state index contributed by atoms with van der Waals surface area (Å²) in [6.07, 6.45) is 2.02. The van der Waals surface area contributed by atoms with Crippen molar-refractivity contribution in [2.24, 2.45) is 0 Å². The summed E-state index contributed by atoms with van der Waals surface area (Å²) in [6, 6.07) is 5.45. The summed E-state index contributed by atoms with van der Waals surface area (Å²) in [4.78, 5) is 12.1. The molecule has 0 aliphatic carbocycles. The van der Waals surface area contributed by atoms with Crippen molar-refractivity contribution in [1.82, 2.24) is 0 Å². The first kappa shape index (κ1) is 21.7. The van der Waals surface area contributed by atoms with Gasteiger partial charge in [0.1, 0.15) is 17.7 Å². The summed E-state index contributed by atoms with van der Waals surface area (Å²) in [5, 5.41) is 0. The van der Waals surface area contributed by atoms with Crippen LogP contribution < -0.4 is 22.9 Å². The minimum atomic E-state index is -0.480.